The molecular formula is C17H21NO2. The van der Waals surface area contributed by atoms with Crippen LogP contribution in [-0.4, -0.2) is 18.6 Å². The van der Waals surface area contributed by atoms with E-state index in [0.29, 0.717) is 12.6 Å². The number of esters is 1. The number of ether oxygens (including phenoxy) is 1. The molecule has 0 amide bonds. The minimum absolute atomic E-state index is 0.0250. The fourth-order valence-electron chi connectivity index (χ4n) is 2.73. The van der Waals surface area contributed by atoms with Gasteiger partial charge in [-0.05, 0) is 44.4 Å². The van der Waals surface area contributed by atoms with E-state index in [4.69, 9.17) is 11.2 Å². The zero-order chi connectivity index (χ0) is 14.4. The summed E-state index contributed by atoms with van der Waals surface area (Å²) in [6.45, 7) is 2.30. The van der Waals surface area contributed by atoms with Crippen LogP contribution in [0, 0.1) is 18.3 Å². The van der Waals surface area contributed by atoms with Crippen LogP contribution in [0.25, 0.3) is 0 Å². The Labute approximate surface area is 120 Å². The van der Waals surface area contributed by atoms with Gasteiger partial charge in [-0.25, -0.2) is 0 Å². The summed E-state index contributed by atoms with van der Waals surface area (Å²) in [6, 6.07) is 8.14. The molecule has 1 aromatic carbocycles. The van der Waals surface area contributed by atoms with Gasteiger partial charge < -0.3 is 10.1 Å². The standard InChI is InChI=1S/C17H21NO2/c1-3-13-7-5-9-15(11-13)18-16-10-6-8-14(12-16)17(19)20-4-2/h1,5,7,9,11,14,16,18H,4,6,8,10,12H2,2H3. The number of anilines is 1. The Hall–Kier alpha value is -1.95. The highest BCUT2D eigenvalue weighted by molar-refractivity contribution is 5.72. The minimum Gasteiger partial charge on any atom is -0.466 e. The number of hydrogen-bond acceptors (Lipinski definition) is 3. The van der Waals surface area contributed by atoms with Gasteiger partial charge in [0, 0.05) is 17.3 Å². The first-order valence-corrected chi connectivity index (χ1v) is 7.22. The second kappa shape index (κ2) is 7.00. The summed E-state index contributed by atoms with van der Waals surface area (Å²) >= 11 is 0. The maximum absolute atomic E-state index is 11.8. The van der Waals surface area contributed by atoms with Crippen LogP contribution in [0.15, 0.2) is 24.3 Å². The van der Waals surface area contributed by atoms with Gasteiger partial charge in [-0.1, -0.05) is 18.4 Å². The van der Waals surface area contributed by atoms with Gasteiger partial charge in [-0.15, -0.1) is 6.42 Å². The number of rotatable bonds is 4. The average Bonchev–Trinajstić information content (AvgIpc) is 2.48. The van der Waals surface area contributed by atoms with E-state index in [1.807, 2.05) is 31.2 Å². The van der Waals surface area contributed by atoms with Crippen LogP contribution in [0.3, 0.4) is 0 Å². The topological polar surface area (TPSA) is 38.3 Å². The van der Waals surface area contributed by atoms with Crippen LogP contribution in [0.2, 0.25) is 0 Å². The zero-order valence-electron chi connectivity index (χ0n) is 11.9. The summed E-state index contributed by atoms with van der Waals surface area (Å²) in [5, 5.41) is 3.48. The predicted octanol–water partition coefficient (Wildman–Crippen LogP) is 3.20. The Morgan fingerprint density at radius 2 is 2.35 bits per heavy atom. The minimum atomic E-state index is -0.0589. The molecule has 0 heterocycles. The van der Waals surface area contributed by atoms with Crippen molar-refractivity contribution in [1.29, 1.82) is 0 Å². The third-order valence-corrected chi connectivity index (χ3v) is 3.69. The highest BCUT2D eigenvalue weighted by atomic mass is 16.5. The SMILES string of the molecule is C#Cc1cccc(NC2CCCC(C(=O)OCC)C2)c1. The molecule has 0 aliphatic heterocycles. The fourth-order valence-corrected chi connectivity index (χ4v) is 2.73. The van der Waals surface area contributed by atoms with E-state index >= 15 is 0 Å². The van der Waals surface area contributed by atoms with E-state index in [1.54, 1.807) is 0 Å². The first-order valence-electron chi connectivity index (χ1n) is 7.22. The van der Waals surface area contributed by atoms with Gasteiger partial charge in [0.2, 0.25) is 0 Å². The van der Waals surface area contributed by atoms with Crippen molar-refractivity contribution < 1.29 is 9.53 Å². The van der Waals surface area contributed by atoms with Crippen LogP contribution in [0.4, 0.5) is 5.69 Å². The Balaban J connectivity index is 1.95. The lowest BCUT2D eigenvalue weighted by Crippen LogP contribution is -2.32. The number of carbonyl (C=O) groups excluding carboxylic acids is 1. The lowest BCUT2D eigenvalue weighted by atomic mass is 9.85. The number of carbonyl (C=O) groups is 1. The normalized spacial score (nSPS) is 21.8. The molecule has 1 N–H and O–H groups in total. The van der Waals surface area contributed by atoms with E-state index in [0.717, 1.165) is 36.9 Å². The van der Waals surface area contributed by atoms with E-state index in [2.05, 4.69) is 11.2 Å². The van der Waals surface area contributed by atoms with Crippen LogP contribution in [0.1, 0.15) is 38.2 Å². The molecule has 0 spiro atoms. The van der Waals surface area contributed by atoms with Crippen LogP contribution < -0.4 is 5.32 Å². The van der Waals surface area contributed by atoms with Crippen molar-refractivity contribution in [2.24, 2.45) is 5.92 Å². The summed E-state index contributed by atoms with van der Waals surface area (Å²) in [6.07, 6.45) is 9.30. The molecule has 1 fully saturated rings. The average molecular weight is 271 g/mol. The molecule has 20 heavy (non-hydrogen) atoms. The van der Waals surface area contributed by atoms with Gasteiger partial charge >= 0.3 is 5.97 Å². The molecule has 0 saturated heterocycles. The van der Waals surface area contributed by atoms with E-state index in [9.17, 15) is 4.79 Å². The van der Waals surface area contributed by atoms with Gasteiger partial charge in [0.25, 0.3) is 0 Å². The third-order valence-electron chi connectivity index (χ3n) is 3.69. The number of benzene rings is 1. The van der Waals surface area contributed by atoms with E-state index < -0.39 is 0 Å². The molecule has 3 nitrogen and oxygen atoms in total. The fraction of sp³-hybridized carbons (Fsp3) is 0.471. The monoisotopic (exact) mass is 271 g/mol. The van der Waals surface area contributed by atoms with Crippen LogP contribution in [0.5, 0.6) is 0 Å². The van der Waals surface area contributed by atoms with Gasteiger partial charge in [0.1, 0.15) is 0 Å². The molecule has 2 atom stereocenters. The number of terminal acetylenes is 1. The Morgan fingerprint density at radius 3 is 3.10 bits per heavy atom. The molecule has 1 aliphatic carbocycles. The first kappa shape index (κ1) is 14.5. The molecule has 1 aliphatic rings. The predicted molar refractivity (Wildman–Crippen MR) is 80.4 cm³/mol. The molecule has 0 bridgehead atoms. The van der Waals surface area contributed by atoms with Crippen molar-refractivity contribution in [3.63, 3.8) is 0 Å². The van der Waals surface area contributed by atoms with Gasteiger partial charge in [-0.2, -0.15) is 0 Å². The van der Waals surface area contributed by atoms with Crippen molar-refractivity contribution in [3.05, 3.63) is 29.8 Å². The molecular weight excluding hydrogens is 250 g/mol. The number of nitrogens with one attached hydrogen (secondary N) is 1. The van der Waals surface area contributed by atoms with Crippen LogP contribution >= 0.6 is 0 Å². The Morgan fingerprint density at radius 1 is 1.50 bits per heavy atom. The Kier molecular flexibility index (Phi) is 5.06. The molecule has 3 heteroatoms. The van der Waals surface area contributed by atoms with Gasteiger partial charge in [0.05, 0.1) is 12.5 Å². The van der Waals surface area contributed by atoms with Crippen molar-refractivity contribution in [3.8, 4) is 12.3 Å². The Bertz CT molecular complexity index is 504. The third kappa shape index (κ3) is 3.77. The maximum Gasteiger partial charge on any atom is 0.308 e. The summed E-state index contributed by atoms with van der Waals surface area (Å²) < 4.78 is 5.12. The molecule has 1 aromatic rings. The van der Waals surface area contributed by atoms with Crippen molar-refractivity contribution >= 4 is 11.7 Å². The van der Waals surface area contributed by atoms with Gasteiger partial charge in [0.15, 0.2) is 0 Å². The summed E-state index contributed by atoms with van der Waals surface area (Å²) in [5.41, 5.74) is 1.89. The quantitative estimate of drug-likeness (QED) is 0.675. The maximum atomic E-state index is 11.8. The smallest absolute Gasteiger partial charge is 0.308 e. The first-order chi connectivity index (χ1) is 9.72. The molecule has 2 rings (SSSR count). The van der Waals surface area contributed by atoms with Crippen molar-refractivity contribution in [2.45, 2.75) is 38.6 Å². The van der Waals surface area contributed by atoms with Crippen molar-refractivity contribution in [1.82, 2.24) is 0 Å². The lowest BCUT2D eigenvalue weighted by molar-refractivity contribution is -0.149. The van der Waals surface area contributed by atoms with Crippen LogP contribution in [-0.2, 0) is 9.53 Å². The second-order valence-corrected chi connectivity index (χ2v) is 5.18. The highest BCUT2D eigenvalue weighted by Crippen LogP contribution is 2.27. The van der Waals surface area contributed by atoms with Crippen molar-refractivity contribution in [2.75, 3.05) is 11.9 Å². The zero-order valence-corrected chi connectivity index (χ0v) is 11.9. The molecule has 0 radical (unpaired) electrons. The molecule has 106 valence electrons. The largest absolute Gasteiger partial charge is 0.466 e. The summed E-state index contributed by atoms with van der Waals surface area (Å²) in [7, 11) is 0. The lowest BCUT2D eigenvalue weighted by Gasteiger charge is -2.29. The highest BCUT2D eigenvalue weighted by Gasteiger charge is 2.28. The summed E-state index contributed by atoms with van der Waals surface area (Å²) in [5.74, 6) is 2.60. The van der Waals surface area contributed by atoms with Gasteiger partial charge in [-0.3, -0.25) is 4.79 Å². The number of hydrogen-bond donors (Lipinski definition) is 1. The second-order valence-electron chi connectivity index (χ2n) is 5.18. The molecule has 0 aromatic heterocycles. The van der Waals surface area contributed by atoms with E-state index in [-0.39, 0.29) is 11.9 Å². The molecule has 2 unspecified atom stereocenters. The molecule has 1 saturated carbocycles. The van der Waals surface area contributed by atoms with E-state index in [1.165, 1.54) is 0 Å². The summed E-state index contributed by atoms with van der Waals surface area (Å²) in [4.78, 5) is 11.8.